The van der Waals surface area contributed by atoms with E-state index in [4.69, 9.17) is 23.7 Å². The lowest BCUT2D eigenvalue weighted by Crippen LogP contribution is -2.52. The number of benzene rings is 2. The number of hydrogen-bond donors (Lipinski definition) is 2. The molecule has 42 heavy (non-hydrogen) atoms. The van der Waals surface area contributed by atoms with E-state index in [1.807, 2.05) is 59.8 Å². The third-order valence-corrected chi connectivity index (χ3v) is 7.21. The lowest BCUT2D eigenvalue weighted by Gasteiger charge is -2.26. The number of carbonyl (C=O) groups is 2. The molecule has 2 aliphatic rings. The zero-order valence-electron chi connectivity index (χ0n) is 24.3. The number of hydrogen-bond acceptors (Lipinski definition) is 9. The van der Waals surface area contributed by atoms with Crippen LogP contribution in [0.15, 0.2) is 42.7 Å². The van der Waals surface area contributed by atoms with Gasteiger partial charge in [-0.25, -0.2) is 4.98 Å². The molecule has 3 aromatic rings. The maximum Gasteiger partial charge on any atom is 0.242 e. The Balaban J connectivity index is 1.44. The van der Waals surface area contributed by atoms with Crippen LogP contribution < -0.4 is 34.3 Å². The Morgan fingerprint density at radius 3 is 2.64 bits per heavy atom. The van der Waals surface area contributed by atoms with Gasteiger partial charge in [-0.1, -0.05) is 13.8 Å². The largest absolute Gasteiger partial charge is 0.493 e. The van der Waals surface area contributed by atoms with Crippen LogP contribution in [0.1, 0.15) is 19.4 Å². The highest BCUT2D eigenvalue weighted by atomic mass is 16.7. The predicted molar refractivity (Wildman–Crippen MR) is 154 cm³/mol. The van der Waals surface area contributed by atoms with Crippen LogP contribution in [0.2, 0.25) is 0 Å². The number of rotatable bonds is 5. The van der Waals surface area contributed by atoms with Gasteiger partial charge < -0.3 is 38.9 Å². The number of carbonyl (C=O) groups excluding carboxylic acids is 2. The smallest absolute Gasteiger partial charge is 0.242 e. The van der Waals surface area contributed by atoms with E-state index in [0.717, 1.165) is 17.0 Å². The molecule has 2 aliphatic heterocycles. The van der Waals surface area contributed by atoms with Gasteiger partial charge in [0.1, 0.15) is 18.5 Å². The summed E-state index contributed by atoms with van der Waals surface area (Å²) in [6.45, 7) is 5.95. The molecular weight excluding hydrogens is 542 g/mol. The number of nitrogens with zero attached hydrogens (tertiary/aromatic N) is 3. The summed E-state index contributed by atoms with van der Waals surface area (Å²) in [7, 11) is 3.16. The zero-order valence-corrected chi connectivity index (χ0v) is 24.3. The Kier molecular flexibility index (Phi) is 9.01. The van der Waals surface area contributed by atoms with Crippen LogP contribution >= 0.6 is 0 Å². The van der Waals surface area contributed by atoms with Crippen LogP contribution in [0, 0.1) is 5.92 Å². The average Bonchev–Trinajstić information content (AvgIpc) is 3.64. The average molecular weight is 580 g/mol. The van der Waals surface area contributed by atoms with Crippen LogP contribution in [-0.2, 0) is 22.7 Å². The van der Waals surface area contributed by atoms with Crippen molar-refractivity contribution in [1.29, 1.82) is 0 Å². The van der Waals surface area contributed by atoms with Crippen molar-refractivity contribution in [2.45, 2.75) is 33.0 Å². The number of nitrogens with one attached hydrogen (secondary N) is 2. The minimum Gasteiger partial charge on any atom is -0.493 e. The van der Waals surface area contributed by atoms with Crippen LogP contribution in [-0.4, -0.2) is 79.6 Å². The molecule has 5 rings (SSSR count). The van der Waals surface area contributed by atoms with Gasteiger partial charge in [-0.05, 0) is 41.8 Å². The highest BCUT2D eigenvalue weighted by molar-refractivity contribution is 5.88. The Labute approximate surface area is 244 Å². The number of fused-ring (bicyclic) bond motifs is 5. The first-order valence-corrected chi connectivity index (χ1v) is 13.9. The van der Waals surface area contributed by atoms with Gasteiger partial charge >= 0.3 is 0 Å². The summed E-state index contributed by atoms with van der Waals surface area (Å²) in [5.41, 5.74) is 1.73. The number of ether oxygens (including phenoxy) is 5. The molecule has 0 aliphatic carbocycles. The summed E-state index contributed by atoms with van der Waals surface area (Å²) < 4.78 is 30.4. The van der Waals surface area contributed by atoms with Gasteiger partial charge in [0, 0.05) is 44.1 Å². The fourth-order valence-electron chi connectivity index (χ4n) is 5.08. The second kappa shape index (κ2) is 13.0. The standard InChI is InChI=1S/C30H37N5O7/c1-19(2)27-30(37)32-8-10-35-9-7-31-29(35)21-5-6-22(38-3)23(15-21)40-12-11-34(17-26(36)33-27)16-20-13-24(39-4)28-25(14-20)41-18-42-28/h5-7,9,13-15,19,27H,8,10-12,16-18H2,1-4H3,(H,32,37)(H,33,36)/t27-/m1/s1. The molecule has 2 bridgehead atoms. The van der Waals surface area contributed by atoms with E-state index < -0.39 is 6.04 Å². The van der Waals surface area contributed by atoms with Crippen LogP contribution in [0.25, 0.3) is 11.4 Å². The molecule has 1 atom stereocenters. The van der Waals surface area contributed by atoms with E-state index in [0.29, 0.717) is 54.9 Å². The molecule has 0 radical (unpaired) electrons. The van der Waals surface area contributed by atoms with Gasteiger partial charge in [-0.2, -0.15) is 0 Å². The minimum atomic E-state index is -0.682. The van der Waals surface area contributed by atoms with E-state index in [-0.39, 0.29) is 37.7 Å². The lowest BCUT2D eigenvalue weighted by molar-refractivity contribution is -0.130. The Morgan fingerprint density at radius 2 is 1.86 bits per heavy atom. The number of aromatic nitrogens is 2. The zero-order chi connectivity index (χ0) is 29.6. The predicted octanol–water partition coefficient (Wildman–Crippen LogP) is 2.45. The number of imidazole rings is 1. The summed E-state index contributed by atoms with van der Waals surface area (Å²) in [4.78, 5) is 32.9. The Bertz CT molecular complexity index is 1420. The first-order valence-electron chi connectivity index (χ1n) is 13.9. The van der Waals surface area contributed by atoms with Crippen LogP contribution in [0.5, 0.6) is 28.7 Å². The summed E-state index contributed by atoms with van der Waals surface area (Å²) >= 11 is 0. The van der Waals surface area contributed by atoms with Crippen molar-refractivity contribution in [1.82, 2.24) is 25.1 Å². The van der Waals surface area contributed by atoms with Gasteiger partial charge in [0.15, 0.2) is 23.0 Å². The molecular formula is C30H37N5O7. The molecule has 3 heterocycles. The first kappa shape index (κ1) is 29.1. The van der Waals surface area contributed by atoms with E-state index in [9.17, 15) is 9.59 Å². The van der Waals surface area contributed by atoms with Gasteiger partial charge in [0.05, 0.1) is 20.8 Å². The Morgan fingerprint density at radius 1 is 1.02 bits per heavy atom. The van der Waals surface area contributed by atoms with Crippen LogP contribution in [0.4, 0.5) is 0 Å². The van der Waals surface area contributed by atoms with Gasteiger partial charge in [0.2, 0.25) is 24.4 Å². The van der Waals surface area contributed by atoms with Crippen molar-refractivity contribution in [3.63, 3.8) is 0 Å². The minimum absolute atomic E-state index is 0.0448. The summed E-state index contributed by atoms with van der Waals surface area (Å²) in [5, 5.41) is 5.91. The van der Waals surface area contributed by atoms with Crippen molar-refractivity contribution >= 4 is 11.8 Å². The second-order valence-electron chi connectivity index (χ2n) is 10.5. The van der Waals surface area contributed by atoms with Gasteiger partial charge in [-0.3, -0.25) is 14.5 Å². The van der Waals surface area contributed by atoms with E-state index in [1.54, 1.807) is 20.4 Å². The molecule has 2 N–H and O–H groups in total. The Hall–Kier alpha value is -4.45. The maximum atomic E-state index is 13.3. The highest BCUT2D eigenvalue weighted by Crippen LogP contribution is 2.42. The van der Waals surface area contributed by atoms with Crippen molar-refractivity contribution in [2.24, 2.45) is 5.92 Å². The fraction of sp³-hybridized carbons (Fsp3) is 0.433. The topological polar surface area (TPSA) is 125 Å². The molecule has 2 amide bonds. The summed E-state index contributed by atoms with van der Waals surface area (Å²) in [6.07, 6.45) is 3.59. The SMILES string of the molecule is COc1ccc2cc1OCCN(Cc1cc(OC)c3c(c1)OCO3)CC(=O)N[C@H](C(C)C)C(=O)NCCn1ccnc1-2. The second-order valence-corrected chi connectivity index (χ2v) is 10.5. The third kappa shape index (κ3) is 6.54. The van der Waals surface area contributed by atoms with E-state index in [2.05, 4.69) is 15.6 Å². The maximum absolute atomic E-state index is 13.3. The molecule has 2 aromatic carbocycles. The van der Waals surface area contributed by atoms with Crippen molar-refractivity contribution in [2.75, 3.05) is 47.3 Å². The van der Waals surface area contributed by atoms with Crippen molar-refractivity contribution < 1.29 is 33.3 Å². The molecule has 0 spiro atoms. The van der Waals surface area contributed by atoms with E-state index in [1.165, 1.54) is 0 Å². The van der Waals surface area contributed by atoms with Gasteiger partial charge in [0.25, 0.3) is 0 Å². The molecule has 0 saturated heterocycles. The fourth-order valence-corrected chi connectivity index (χ4v) is 5.08. The quantitative estimate of drug-likeness (QED) is 0.469. The van der Waals surface area contributed by atoms with Crippen molar-refractivity contribution in [3.8, 4) is 40.1 Å². The monoisotopic (exact) mass is 579 g/mol. The van der Waals surface area contributed by atoms with Crippen molar-refractivity contribution in [3.05, 3.63) is 48.3 Å². The lowest BCUT2D eigenvalue weighted by atomic mass is 10.0. The molecule has 12 nitrogen and oxygen atoms in total. The molecule has 0 unspecified atom stereocenters. The van der Waals surface area contributed by atoms with Crippen LogP contribution in [0.3, 0.4) is 0 Å². The molecule has 0 saturated carbocycles. The molecule has 0 fully saturated rings. The van der Waals surface area contributed by atoms with E-state index >= 15 is 0 Å². The third-order valence-electron chi connectivity index (χ3n) is 7.21. The number of methoxy groups -OCH3 is 2. The first-order chi connectivity index (χ1) is 20.4. The number of amides is 2. The molecule has 12 heteroatoms. The summed E-state index contributed by atoms with van der Waals surface area (Å²) in [5.74, 6) is 3.00. The summed E-state index contributed by atoms with van der Waals surface area (Å²) in [6, 6.07) is 8.73. The highest BCUT2D eigenvalue weighted by Gasteiger charge is 2.26. The van der Waals surface area contributed by atoms with Gasteiger partial charge in [-0.15, -0.1) is 0 Å². The molecule has 224 valence electrons. The molecule has 1 aromatic heterocycles. The normalized spacial score (nSPS) is 18.0.